The third kappa shape index (κ3) is 3.61. The molecule has 132 valence electrons. The van der Waals surface area contributed by atoms with Gasteiger partial charge < -0.3 is 9.32 Å². The molecule has 5 heteroatoms. The largest absolute Gasteiger partial charge is 0.445 e. The van der Waals surface area contributed by atoms with E-state index in [1.165, 1.54) is 11.1 Å². The van der Waals surface area contributed by atoms with Crippen LogP contribution in [-0.2, 0) is 24.3 Å². The van der Waals surface area contributed by atoms with E-state index in [4.69, 9.17) is 4.42 Å². The summed E-state index contributed by atoms with van der Waals surface area (Å²) in [6.07, 6.45) is 4.59. The molecule has 1 fully saturated rings. The van der Waals surface area contributed by atoms with Crippen LogP contribution in [0.1, 0.15) is 35.6 Å². The van der Waals surface area contributed by atoms with Gasteiger partial charge in [0.25, 0.3) is 0 Å². The minimum Gasteiger partial charge on any atom is -0.445 e. The van der Waals surface area contributed by atoms with Crippen molar-refractivity contribution in [3.63, 3.8) is 0 Å². The molecule has 25 heavy (non-hydrogen) atoms. The quantitative estimate of drug-likeness (QED) is 0.863. The molecule has 0 unspecified atom stereocenters. The molecule has 3 heterocycles. The maximum atomic E-state index is 12.9. The van der Waals surface area contributed by atoms with Gasteiger partial charge in [0.05, 0.1) is 12.7 Å². The number of hydrogen-bond acceptors (Lipinski definition) is 4. The zero-order chi connectivity index (χ0) is 17.2. The van der Waals surface area contributed by atoms with E-state index in [1.807, 2.05) is 6.92 Å². The van der Waals surface area contributed by atoms with Crippen molar-refractivity contribution in [3.8, 4) is 0 Å². The molecule has 1 amide bonds. The molecule has 2 aliphatic rings. The van der Waals surface area contributed by atoms with Gasteiger partial charge in [0.1, 0.15) is 5.76 Å². The number of amides is 1. The van der Waals surface area contributed by atoms with Crippen molar-refractivity contribution in [2.24, 2.45) is 5.92 Å². The van der Waals surface area contributed by atoms with Crippen LogP contribution in [0, 0.1) is 12.8 Å². The molecule has 0 bridgehead atoms. The first kappa shape index (κ1) is 16.3. The van der Waals surface area contributed by atoms with Gasteiger partial charge in [0.15, 0.2) is 0 Å². The Kier molecular flexibility index (Phi) is 4.57. The highest BCUT2D eigenvalue weighted by Crippen LogP contribution is 2.25. The average Bonchev–Trinajstić information content (AvgIpc) is 3.06. The SMILES string of the molecule is Cc1cnc(CN2CCC(C(=O)N3CCc4ccccc4C3)CC2)o1. The molecule has 0 N–H and O–H groups in total. The zero-order valence-corrected chi connectivity index (χ0v) is 14.8. The van der Waals surface area contributed by atoms with Crippen LogP contribution in [-0.4, -0.2) is 40.3 Å². The second-order valence-electron chi connectivity index (χ2n) is 7.19. The number of fused-ring (bicyclic) bond motifs is 1. The fourth-order valence-electron chi connectivity index (χ4n) is 3.95. The van der Waals surface area contributed by atoms with Gasteiger partial charge in [-0.05, 0) is 50.4 Å². The third-order valence-electron chi connectivity index (χ3n) is 5.41. The molecule has 0 aliphatic carbocycles. The summed E-state index contributed by atoms with van der Waals surface area (Å²) in [5.74, 6) is 2.12. The van der Waals surface area contributed by atoms with Crippen LogP contribution in [0.15, 0.2) is 34.9 Å². The number of benzene rings is 1. The van der Waals surface area contributed by atoms with Crippen molar-refractivity contribution in [1.29, 1.82) is 0 Å². The van der Waals surface area contributed by atoms with Crippen LogP contribution >= 0.6 is 0 Å². The molecule has 4 rings (SSSR count). The maximum Gasteiger partial charge on any atom is 0.226 e. The molecule has 1 saturated heterocycles. The predicted octanol–water partition coefficient (Wildman–Crippen LogP) is 2.78. The summed E-state index contributed by atoms with van der Waals surface area (Å²) in [6, 6.07) is 8.48. The number of carbonyl (C=O) groups is 1. The Morgan fingerprint density at radius 3 is 2.68 bits per heavy atom. The van der Waals surface area contributed by atoms with Crippen molar-refractivity contribution in [2.75, 3.05) is 19.6 Å². The fraction of sp³-hybridized carbons (Fsp3) is 0.500. The summed E-state index contributed by atoms with van der Waals surface area (Å²) >= 11 is 0. The van der Waals surface area contributed by atoms with Crippen LogP contribution in [0.3, 0.4) is 0 Å². The van der Waals surface area contributed by atoms with E-state index < -0.39 is 0 Å². The third-order valence-corrected chi connectivity index (χ3v) is 5.41. The minimum absolute atomic E-state index is 0.160. The lowest BCUT2D eigenvalue weighted by Crippen LogP contribution is -2.44. The summed E-state index contributed by atoms with van der Waals surface area (Å²) in [5, 5.41) is 0. The highest BCUT2D eigenvalue weighted by molar-refractivity contribution is 5.79. The Morgan fingerprint density at radius 2 is 1.96 bits per heavy atom. The fourth-order valence-corrected chi connectivity index (χ4v) is 3.95. The van der Waals surface area contributed by atoms with E-state index in [9.17, 15) is 4.79 Å². The van der Waals surface area contributed by atoms with Crippen LogP contribution in [0.25, 0.3) is 0 Å². The van der Waals surface area contributed by atoms with E-state index >= 15 is 0 Å². The predicted molar refractivity (Wildman–Crippen MR) is 94.8 cm³/mol. The molecule has 1 aromatic heterocycles. The first-order valence-electron chi connectivity index (χ1n) is 9.18. The van der Waals surface area contributed by atoms with E-state index in [-0.39, 0.29) is 5.92 Å². The zero-order valence-electron chi connectivity index (χ0n) is 14.8. The normalized spacial score (nSPS) is 19.0. The minimum atomic E-state index is 0.160. The van der Waals surface area contributed by atoms with Crippen molar-refractivity contribution < 1.29 is 9.21 Å². The Labute approximate surface area is 148 Å². The van der Waals surface area contributed by atoms with Crippen molar-refractivity contribution in [2.45, 2.75) is 39.3 Å². The van der Waals surface area contributed by atoms with Crippen LogP contribution in [0.2, 0.25) is 0 Å². The number of piperidine rings is 1. The highest BCUT2D eigenvalue weighted by Gasteiger charge is 2.30. The summed E-state index contributed by atoms with van der Waals surface area (Å²) in [4.78, 5) is 21.6. The summed E-state index contributed by atoms with van der Waals surface area (Å²) in [7, 11) is 0. The van der Waals surface area contributed by atoms with Gasteiger partial charge in [-0.15, -0.1) is 0 Å². The van der Waals surface area contributed by atoms with Crippen molar-refractivity contribution in [3.05, 3.63) is 53.2 Å². The lowest BCUT2D eigenvalue weighted by Gasteiger charge is -2.35. The van der Waals surface area contributed by atoms with Gasteiger partial charge >= 0.3 is 0 Å². The standard InChI is InChI=1S/C20H25N3O2/c1-15-12-21-19(25-15)14-22-9-6-17(7-10-22)20(24)23-11-8-16-4-2-3-5-18(16)13-23/h2-5,12,17H,6-11,13-14H2,1H3. The molecule has 5 nitrogen and oxygen atoms in total. The number of oxazole rings is 1. The number of nitrogens with zero attached hydrogens (tertiary/aromatic N) is 3. The number of likely N-dealkylation sites (tertiary alicyclic amines) is 1. The van der Waals surface area contributed by atoms with E-state index in [1.54, 1.807) is 6.20 Å². The average molecular weight is 339 g/mol. The first-order valence-corrected chi connectivity index (χ1v) is 9.18. The maximum absolute atomic E-state index is 12.9. The summed E-state index contributed by atoms with van der Waals surface area (Å²) in [5.41, 5.74) is 2.70. The molecule has 0 atom stereocenters. The molecule has 0 spiro atoms. The molecular formula is C20H25N3O2. The van der Waals surface area contributed by atoms with Crippen LogP contribution in [0.5, 0.6) is 0 Å². The van der Waals surface area contributed by atoms with Crippen LogP contribution < -0.4 is 0 Å². The van der Waals surface area contributed by atoms with E-state index in [2.05, 4.69) is 39.0 Å². The van der Waals surface area contributed by atoms with Crippen molar-refractivity contribution in [1.82, 2.24) is 14.8 Å². The first-order chi connectivity index (χ1) is 12.2. The smallest absolute Gasteiger partial charge is 0.226 e. The number of aryl methyl sites for hydroxylation is 1. The molecule has 1 aromatic carbocycles. The second kappa shape index (κ2) is 7.00. The number of aromatic nitrogens is 1. The van der Waals surface area contributed by atoms with E-state index in [0.717, 1.165) is 63.6 Å². The molecular weight excluding hydrogens is 314 g/mol. The van der Waals surface area contributed by atoms with Gasteiger partial charge in [-0.1, -0.05) is 24.3 Å². The lowest BCUT2D eigenvalue weighted by atomic mass is 9.93. The number of hydrogen-bond donors (Lipinski definition) is 0. The summed E-state index contributed by atoms with van der Waals surface area (Å²) < 4.78 is 5.56. The Balaban J connectivity index is 1.31. The Morgan fingerprint density at radius 1 is 1.20 bits per heavy atom. The van der Waals surface area contributed by atoms with Gasteiger partial charge in [-0.2, -0.15) is 0 Å². The lowest BCUT2D eigenvalue weighted by molar-refractivity contribution is -0.138. The van der Waals surface area contributed by atoms with Crippen LogP contribution in [0.4, 0.5) is 0 Å². The molecule has 0 radical (unpaired) electrons. The highest BCUT2D eigenvalue weighted by atomic mass is 16.4. The van der Waals surface area contributed by atoms with Gasteiger partial charge in [0.2, 0.25) is 11.8 Å². The van der Waals surface area contributed by atoms with Gasteiger partial charge in [-0.25, -0.2) is 4.98 Å². The second-order valence-corrected chi connectivity index (χ2v) is 7.19. The van der Waals surface area contributed by atoms with E-state index in [0.29, 0.717) is 5.91 Å². The summed E-state index contributed by atoms with van der Waals surface area (Å²) in [6.45, 7) is 6.14. The molecule has 0 saturated carbocycles. The van der Waals surface area contributed by atoms with Gasteiger partial charge in [-0.3, -0.25) is 9.69 Å². The molecule has 2 aromatic rings. The number of carbonyl (C=O) groups excluding carboxylic acids is 1. The monoisotopic (exact) mass is 339 g/mol. The Hall–Kier alpha value is -2.14. The molecule has 2 aliphatic heterocycles. The number of rotatable bonds is 3. The van der Waals surface area contributed by atoms with Crippen molar-refractivity contribution >= 4 is 5.91 Å². The van der Waals surface area contributed by atoms with Gasteiger partial charge in [0, 0.05) is 19.0 Å². The topological polar surface area (TPSA) is 49.6 Å². The Bertz CT molecular complexity index is 747.